The number of hydrogen-bond acceptors (Lipinski definition) is 4. The number of rotatable bonds is 4. The summed E-state index contributed by atoms with van der Waals surface area (Å²) in [5.41, 5.74) is 7.68. The number of benzene rings is 1. The molecule has 18 heavy (non-hydrogen) atoms. The summed E-state index contributed by atoms with van der Waals surface area (Å²) in [6.45, 7) is 2.28. The highest BCUT2D eigenvalue weighted by Crippen LogP contribution is 2.37. The maximum Gasteiger partial charge on any atom is 0.162 e. The van der Waals surface area contributed by atoms with Crippen LogP contribution in [0, 0.1) is 5.92 Å². The normalized spacial score (nSPS) is 22.8. The highest BCUT2D eigenvalue weighted by molar-refractivity contribution is 5.72. The lowest BCUT2D eigenvalue weighted by atomic mass is 10.1. The molecule has 1 aromatic carbocycles. The van der Waals surface area contributed by atoms with E-state index in [-0.39, 0.29) is 0 Å². The van der Waals surface area contributed by atoms with Gasteiger partial charge in [0.05, 0.1) is 25.6 Å². The minimum Gasteiger partial charge on any atom is -0.493 e. The van der Waals surface area contributed by atoms with Crippen molar-refractivity contribution < 1.29 is 9.47 Å². The van der Waals surface area contributed by atoms with E-state index >= 15 is 0 Å². The molecule has 1 fully saturated rings. The summed E-state index contributed by atoms with van der Waals surface area (Å²) < 4.78 is 10.5. The largest absolute Gasteiger partial charge is 0.493 e. The molecule has 2 rings (SSSR count). The van der Waals surface area contributed by atoms with Crippen LogP contribution in [0.25, 0.3) is 0 Å². The molecular formula is C14H22N2O2. The van der Waals surface area contributed by atoms with E-state index in [1.165, 1.54) is 19.3 Å². The Morgan fingerprint density at radius 3 is 2.39 bits per heavy atom. The van der Waals surface area contributed by atoms with Gasteiger partial charge in [-0.1, -0.05) is 13.3 Å². The van der Waals surface area contributed by atoms with Gasteiger partial charge in [0.25, 0.3) is 0 Å². The Labute approximate surface area is 108 Å². The predicted octanol–water partition coefficient (Wildman–Crippen LogP) is 2.89. The number of nitrogens with two attached hydrogens (primary N) is 1. The third-order valence-corrected chi connectivity index (χ3v) is 3.76. The Morgan fingerprint density at radius 1 is 1.17 bits per heavy atom. The van der Waals surface area contributed by atoms with Gasteiger partial charge >= 0.3 is 0 Å². The van der Waals surface area contributed by atoms with Gasteiger partial charge in [0, 0.05) is 18.2 Å². The van der Waals surface area contributed by atoms with Crippen molar-refractivity contribution in [3.8, 4) is 11.5 Å². The molecule has 3 N–H and O–H groups in total. The molecule has 2 unspecified atom stereocenters. The van der Waals surface area contributed by atoms with Gasteiger partial charge in [-0.2, -0.15) is 0 Å². The summed E-state index contributed by atoms with van der Waals surface area (Å²) in [5.74, 6) is 2.07. The summed E-state index contributed by atoms with van der Waals surface area (Å²) in [6, 6.07) is 4.23. The van der Waals surface area contributed by atoms with Crippen LogP contribution in [0.5, 0.6) is 11.5 Å². The summed E-state index contributed by atoms with van der Waals surface area (Å²) in [6.07, 6.45) is 3.77. The van der Waals surface area contributed by atoms with Crippen LogP contribution < -0.4 is 20.5 Å². The topological polar surface area (TPSA) is 56.5 Å². The van der Waals surface area contributed by atoms with Crippen molar-refractivity contribution in [3.63, 3.8) is 0 Å². The minimum atomic E-state index is 0.505. The number of nitrogen functional groups attached to an aromatic ring is 1. The van der Waals surface area contributed by atoms with Crippen molar-refractivity contribution >= 4 is 11.4 Å². The molecule has 4 nitrogen and oxygen atoms in total. The van der Waals surface area contributed by atoms with Gasteiger partial charge in [0.1, 0.15) is 0 Å². The summed E-state index contributed by atoms with van der Waals surface area (Å²) in [7, 11) is 3.25. The van der Waals surface area contributed by atoms with Crippen LogP contribution in [-0.2, 0) is 0 Å². The van der Waals surface area contributed by atoms with E-state index in [4.69, 9.17) is 15.2 Å². The summed E-state index contributed by atoms with van der Waals surface area (Å²) in [5, 5.41) is 3.52. The smallest absolute Gasteiger partial charge is 0.162 e. The molecule has 0 saturated heterocycles. The summed E-state index contributed by atoms with van der Waals surface area (Å²) >= 11 is 0. The molecule has 0 aromatic heterocycles. The van der Waals surface area contributed by atoms with Gasteiger partial charge in [0.15, 0.2) is 11.5 Å². The molecule has 2 atom stereocenters. The molecule has 1 aliphatic carbocycles. The van der Waals surface area contributed by atoms with E-state index < -0.39 is 0 Å². The second-order valence-corrected chi connectivity index (χ2v) is 4.95. The maximum atomic E-state index is 6.05. The molecule has 100 valence electrons. The quantitative estimate of drug-likeness (QED) is 0.807. The molecule has 0 spiro atoms. The molecule has 1 aliphatic rings. The lowest BCUT2D eigenvalue weighted by molar-refractivity contribution is 0.355. The van der Waals surface area contributed by atoms with Gasteiger partial charge in [-0.05, 0) is 18.8 Å². The minimum absolute atomic E-state index is 0.505. The molecular weight excluding hydrogens is 228 g/mol. The second kappa shape index (κ2) is 5.38. The average Bonchev–Trinajstić information content (AvgIpc) is 2.77. The van der Waals surface area contributed by atoms with E-state index in [0.29, 0.717) is 29.1 Å². The van der Waals surface area contributed by atoms with Crippen LogP contribution in [0.4, 0.5) is 11.4 Å². The van der Waals surface area contributed by atoms with Crippen LogP contribution in [0.3, 0.4) is 0 Å². The number of hydrogen-bond donors (Lipinski definition) is 2. The number of ether oxygens (including phenoxy) is 2. The van der Waals surface area contributed by atoms with Crippen molar-refractivity contribution in [2.24, 2.45) is 5.92 Å². The lowest BCUT2D eigenvalue weighted by Crippen LogP contribution is -2.22. The number of methoxy groups -OCH3 is 2. The third kappa shape index (κ3) is 2.47. The predicted molar refractivity (Wildman–Crippen MR) is 74.4 cm³/mol. The monoisotopic (exact) mass is 250 g/mol. The Hall–Kier alpha value is -1.58. The van der Waals surface area contributed by atoms with Crippen molar-refractivity contribution in [3.05, 3.63) is 12.1 Å². The molecule has 0 heterocycles. The molecule has 4 heteroatoms. The van der Waals surface area contributed by atoms with E-state index in [9.17, 15) is 0 Å². The first-order valence-corrected chi connectivity index (χ1v) is 6.43. The van der Waals surface area contributed by atoms with Crippen molar-refractivity contribution in [1.82, 2.24) is 0 Å². The zero-order valence-corrected chi connectivity index (χ0v) is 11.3. The fourth-order valence-corrected chi connectivity index (χ4v) is 2.58. The highest BCUT2D eigenvalue weighted by Gasteiger charge is 2.24. The lowest BCUT2D eigenvalue weighted by Gasteiger charge is -2.21. The van der Waals surface area contributed by atoms with E-state index in [1.54, 1.807) is 20.3 Å². The van der Waals surface area contributed by atoms with E-state index in [2.05, 4.69) is 12.2 Å². The van der Waals surface area contributed by atoms with Crippen LogP contribution >= 0.6 is 0 Å². The zero-order chi connectivity index (χ0) is 13.1. The fourth-order valence-electron chi connectivity index (χ4n) is 2.58. The van der Waals surface area contributed by atoms with Crippen molar-refractivity contribution in [2.45, 2.75) is 32.2 Å². The number of nitrogens with one attached hydrogen (secondary N) is 1. The van der Waals surface area contributed by atoms with Crippen LogP contribution in [0.15, 0.2) is 12.1 Å². The van der Waals surface area contributed by atoms with Crippen LogP contribution in [0.1, 0.15) is 26.2 Å². The van der Waals surface area contributed by atoms with Gasteiger partial charge in [-0.3, -0.25) is 0 Å². The molecule has 0 radical (unpaired) electrons. The molecule has 0 amide bonds. The fraction of sp³-hybridized carbons (Fsp3) is 0.571. The third-order valence-electron chi connectivity index (χ3n) is 3.76. The molecule has 1 aromatic rings. The van der Waals surface area contributed by atoms with Gasteiger partial charge in [0.2, 0.25) is 0 Å². The van der Waals surface area contributed by atoms with Crippen LogP contribution in [-0.4, -0.2) is 20.3 Å². The van der Waals surface area contributed by atoms with Gasteiger partial charge < -0.3 is 20.5 Å². The first kappa shape index (κ1) is 12.9. The highest BCUT2D eigenvalue weighted by atomic mass is 16.5. The molecule has 1 saturated carbocycles. The Kier molecular flexibility index (Phi) is 3.84. The van der Waals surface area contributed by atoms with E-state index in [1.807, 2.05) is 6.07 Å². The van der Waals surface area contributed by atoms with Gasteiger partial charge in [-0.25, -0.2) is 0 Å². The first-order chi connectivity index (χ1) is 8.65. The number of anilines is 2. The van der Waals surface area contributed by atoms with Crippen LogP contribution in [0.2, 0.25) is 0 Å². The Morgan fingerprint density at radius 2 is 1.83 bits per heavy atom. The SMILES string of the molecule is COc1cc(N)c(NC2CCCC2C)cc1OC. The maximum absolute atomic E-state index is 6.05. The summed E-state index contributed by atoms with van der Waals surface area (Å²) in [4.78, 5) is 0. The van der Waals surface area contributed by atoms with E-state index in [0.717, 1.165) is 5.69 Å². The van der Waals surface area contributed by atoms with Crippen molar-refractivity contribution in [1.29, 1.82) is 0 Å². The van der Waals surface area contributed by atoms with Gasteiger partial charge in [-0.15, -0.1) is 0 Å². The second-order valence-electron chi connectivity index (χ2n) is 4.95. The zero-order valence-electron chi connectivity index (χ0n) is 11.3. The Balaban J connectivity index is 2.22. The van der Waals surface area contributed by atoms with Crippen molar-refractivity contribution in [2.75, 3.05) is 25.3 Å². The first-order valence-electron chi connectivity index (χ1n) is 6.43. The standard InChI is InChI=1S/C14H22N2O2/c1-9-5-4-6-11(9)16-12-8-14(18-3)13(17-2)7-10(12)15/h7-9,11,16H,4-6,15H2,1-3H3. The molecule has 0 aliphatic heterocycles. The average molecular weight is 250 g/mol. The Bertz CT molecular complexity index is 421. The molecule has 0 bridgehead atoms.